The van der Waals surface area contributed by atoms with E-state index in [0.29, 0.717) is 29.6 Å². The third kappa shape index (κ3) is 4.34. The van der Waals surface area contributed by atoms with Crippen LogP contribution >= 0.6 is 11.3 Å². The van der Waals surface area contributed by atoms with E-state index < -0.39 is 0 Å². The number of furan rings is 1. The first-order valence-corrected chi connectivity index (χ1v) is 9.74. The third-order valence-corrected chi connectivity index (χ3v) is 5.58. The fraction of sp³-hybridized carbons (Fsp3) is 0.474. The van der Waals surface area contributed by atoms with Gasteiger partial charge in [-0.1, -0.05) is 6.92 Å². The van der Waals surface area contributed by atoms with E-state index in [4.69, 9.17) is 9.15 Å². The van der Waals surface area contributed by atoms with Crippen LogP contribution in [-0.4, -0.2) is 25.0 Å². The van der Waals surface area contributed by atoms with Crippen molar-refractivity contribution in [1.82, 2.24) is 5.32 Å². The fourth-order valence-electron chi connectivity index (χ4n) is 3.14. The van der Waals surface area contributed by atoms with Gasteiger partial charge in [-0.05, 0) is 49.8 Å². The molecule has 2 heterocycles. The molecule has 0 unspecified atom stereocenters. The van der Waals surface area contributed by atoms with Crippen LogP contribution in [0.15, 0.2) is 22.8 Å². The zero-order valence-electron chi connectivity index (χ0n) is 15.1. The highest BCUT2D eigenvalue weighted by atomic mass is 32.1. The van der Waals surface area contributed by atoms with Gasteiger partial charge in [-0.25, -0.2) is 4.79 Å². The maximum absolute atomic E-state index is 12.4. The van der Waals surface area contributed by atoms with Crippen LogP contribution in [0.4, 0.5) is 5.00 Å². The lowest BCUT2D eigenvalue weighted by Gasteiger charge is -2.18. The van der Waals surface area contributed by atoms with E-state index in [0.717, 1.165) is 30.6 Å². The predicted octanol–water partition coefficient (Wildman–Crippen LogP) is 3.37. The molecule has 0 spiro atoms. The summed E-state index contributed by atoms with van der Waals surface area (Å²) in [4.78, 5) is 25.9. The van der Waals surface area contributed by atoms with E-state index in [-0.39, 0.29) is 18.4 Å². The average molecular weight is 376 g/mol. The van der Waals surface area contributed by atoms with Crippen molar-refractivity contribution in [2.24, 2.45) is 5.92 Å². The van der Waals surface area contributed by atoms with Gasteiger partial charge in [0.15, 0.2) is 0 Å². The minimum Gasteiger partial charge on any atom is -0.468 e. The molecule has 0 aromatic carbocycles. The number of carbonyl (C=O) groups is 2. The Bertz CT molecular complexity index is 767. The van der Waals surface area contributed by atoms with E-state index in [2.05, 4.69) is 17.6 Å². The van der Waals surface area contributed by atoms with Crippen LogP contribution in [0.5, 0.6) is 0 Å². The molecule has 1 aliphatic rings. The fourth-order valence-corrected chi connectivity index (χ4v) is 4.56. The van der Waals surface area contributed by atoms with Crippen LogP contribution in [0.3, 0.4) is 0 Å². The van der Waals surface area contributed by atoms with Gasteiger partial charge in [-0.3, -0.25) is 4.79 Å². The number of anilines is 1. The summed E-state index contributed by atoms with van der Waals surface area (Å²) in [6.07, 6.45) is 4.45. The smallest absolute Gasteiger partial charge is 0.341 e. The van der Waals surface area contributed by atoms with Crippen molar-refractivity contribution in [3.8, 4) is 0 Å². The summed E-state index contributed by atoms with van der Waals surface area (Å²) in [5.74, 6) is 0.826. The van der Waals surface area contributed by atoms with Crippen molar-refractivity contribution in [3.63, 3.8) is 0 Å². The van der Waals surface area contributed by atoms with E-state index in [1.807, 2.05) is 6.07 Å². The molecule has 2 N–H and O–H groups in total. The zero-order chi connectivity index (χ0) is 18.5. The maximum atomic E-state index is 12.4. The van der Waals surface area contributed by atoms with Crippen molar-refractivity contribution in [3.05, 3.63) is 40.2 Å². The van der Waals surface area contributed by atoms with Crippen molar-refractivity contribution >= 4 is 28.2 Å². The van der Waals surface area contributed by atoms with Crippen LogP contribution in [0.25, 0.3) is 0 Å². The van der Waals surface area contributed by atoms with Crippen LogP contribution < -0.4 is 10.6 Å². The van der Waals surface area contributed by atoms with Crippen LogP contribution in [0.2, 0.25) is 0 Å². The Morgan fingerprint density at radius 2 is 2.27 bits per heavy atom. The molecule has 1 aliphatic carbocycles. The van der Waals surface area contributed by atoms with Gasteiger partial charge >= 0.3 is 5.97 Å². The number of fused-ring (bicyclic) bond motifs is 1. The minimum absolute atomic E-state index is 0.141. The van der Waals surface area contributed by atoms with Crippen LogP contribution in [0.1, 0.15) is 46.8 Å². The van der Waals surface area contributed by atoms with E-state index >= 15 is 0 Å². The third-order valence-electron chi connectivity index (χ3n) is 4.41. The summed E-state index contributed by atoms with van der Waals surface area (Å²) in [7, 11) is 0. The SMILES string of the molecule is CCOC(=O)c1c(NC(=O)CNCc2ccco2)sc2c1CC[C@@H](C)C2. The Labute approximate surface area is 156 Å². The number of nitrogens with one attached hydrogen (secondary N) is 2. The summed E-state index contributed by atoms with van der Waals surface area (Å²) in [5, 5.41) is 6.52. The predicted molar refractivity (Wildman–Crippen MR) is 101 cm³/mol. The normalized spacial score (nSPS) is 16.2. The first-order chi connectivity index (χ1) is 12.6. The molecular weight excluding hydrogens is 352 g/mol. The highest BCUT2D eigenvalue weighted by Gasteiger charge is 2.29. The number of thiophene rings is 1. The summed E-state index contributed by atoms with van der Waals surface area (Å²) in [6, 6.07) is 3.65. The van der Waals surface area contributed by atoms with Gasteiger partial charge in [0.1, 0.15) is 10.8 Å². The number of rotatable bonds is 7. The van der Waals surface area contributed by atoms with Gasteiger partial charge in [-0.2, -0.15) is 0 Å². The van der Waals surface area contributed by atoms with Crippen molar-refractivity contribution in [1.29, 1.82) is 0 Å². The van der Waals surface area contributed by atoms with Gasteiger partial charge in [0.2, 0.25) is 5.91 Å². The molecule has 0 saturated carbocycles. The molecule has 2 aromatic rings. The van der Waals surface area contributed by atoms with Crippen molar-refractivity contribution in [2.45, 2.75) is 39.7 Å². The molecule has 3 rings (SSSR count). The molecule has 140 valence electrons. The second kappa shape index (κ2) is 8.51. The van der Waals surface area contributed by atoms with E-state index in [9.17, 15) is 9.59 Å². The molecule has 0 aliphatic heterocycles. The average Bonchev–Trinajstić information content (AvgIpc) is 3.22. The quantitative estimate of drug-likeness (QED) is 0.724. The molecule has 1 amide bonds. The number of amides is 1. The molecule has 0 saturated heterocycles. The highest BCUT2D eigenvalue weighted by molar-refractivity contribution is 7.17. The number of hydrogen-bond acceptors (Lipinski definition) is 6. The lowest BCUT2D eigenvalue weighted by atomic mass is 9.88. The summed E-state index contributed by atoms with van der Waals surface area (Å²) >= 11 is 1.50. The summed E-state index contributed by atoms with van der Waals surface area (Å²) in [6.45, 7) is 4.93. The second-order valence-corrected chi connectivity index (χ2v) is 7.61. The molecular formula is C19H24N2O4S. The minimum atomic E-state index is -0.349. The van der Waals surface area contributed by atoms with E-state index in [1.165, 1.54) is 16.2 Å². The highest BCUT2D eigenvalue weighted by Crippen LogP contribution is 2.40. The summed E-state index contributed by atoms with van der Waals surface area (Å²) in [5.41, 5.74) is 1.59. The lowest BCUT2D eigenvalue weighted by Crippen LogP contribution is -2.28. The summed E-state index contributed by atoms with van der Waals surface area (Å²) < 4.78 is 10.4. The first kappa shape index (κ1) is 18.7. The Kier molecular flexibility index (Phi) is 6.11. The molecule has 0 fully saturated rings. The molecule has 26 heavy (non-hydrogen) atoms. The molecule has 2 aromatic heterocycles. The Morgan fingerprint density at radius 3 is 3.00 bits per heavy atom. The van der Waals surface area contributed by atoms with Crippen molar-refractivity contribution in [2.75, 3.05) is 18.5 Å². The first-order valence-electron chi connectivity index (χ1n) is 8.93. The standard InChI is InChI=1S/C19H24N2O4S/c1-3-24-19(23)17-14-7-6-12(2)9-15(14)26-18(17)21-16(22)11-20-10-13-5-4-8-25-13/h4-5,8,12,20H,3,6-7,9-11H2,1-2H3,(H,21,22)/t12-/m1/s1. The lowest BCUT2D eigenvalue weighted by molar-refractivity contribution is -0.115. The molecule has 0 bridgehead atoms. The largest absolute Gasteiger partial charge is 0.468 e. The molecule has 0 radical (unpaired) electrons. The van der Waals surface area contributed by atoms with Crippen LogP contribution in [-0.2, 0) is 28.9 Å². The Hall–Kier alpha value is -2.12. The maximum Gasteiger partial charge on any atom is 0.341 e. The monoisotopic (exact) mass is 376 g/mol. The van der Waals surface area contributed by atoms with Gasteiger partial charge in [0.25, 0.3) is 0 Å². The van der Waals surface area contributed by atoms with Crippen LogP contribution in [0, 0.1) is 5.92 Å². The molecule has 7 heteroatoms. The van der Waals surface area contributed by atoms with Gasteiger partial charge < -0.3 is 19.8 Å². The Morgan fingerprint density at radius 1 is 1.42 bits per heavy atom. The molecule has 1 atom stereocenters. The number of carbonyl (C=O) groups excluding carboxylic acids is 2. The van der Waals surface area contributed by atoms with Gasteiger partial charge in [-0.15, -0.1) is 11.3 Å². The van der Waals surface area contributed by atoms with E-state index in [1.54, 1.807) is 19.3 Å². The number of hydrogen-bond donors (Lipinski definition) is 2. The zero-order valence-corrected chi connectivity index (χ0v) is 15.9. The second-order valence-electron chi connectivity index (χ2n) is 6.51. The topological polar surface area (TPSA) is 80.6 Å². The van der Waals surface area contributed by atoms with Gasteiger partial charge in [0.05, 0.1) is 31.5 Å². The number of ether oxygens (including phenoxy) is 1. The van der Waals surface area contributed by atoms with Gasteiger partial charge in [0, 0.05) is 4.88 Å². The molecule has 6 nitrogen and oxygen atoms in total. The number of esters is 1. The Balaban J connectivity index is 1.69. The van der Waals surface area contributed by atoms with Crippen molar-refractivity contribution < 1.29 is 18.7 Å².